The Morgan fingerprint density at radius 2 is 2.20 bits per heavy atom. The molecule has 3 heteroatoms. The normalized spacial score (nSPS) is 21.5. The van der Waals surface area contributed by atoms with Crippen LogP contribution in [0, 0.1) is 5.92 Å². The molecular weight excluding hydrogens is 190 g/mol. The number of aromatic hydroxyl groups is 2. The summed E-state index contributed by atoms with van der Waals surface area (Å²) in [6.07, 6.45) is 3.24. The third-order valence-electron chi connectivity index (χ3n) is 3.01. The van der Waals surface area contributed by atoms with Gasteiger partial charge in [-0.3, -0.25) is 0 Å². The van der Waals surface area contributed by atoms with E-state index in [-0.39, 0.29) is 11.5 Å². The van der Waals surface area contributed by atoms with Gasteiger partial charge in [-0.2, -0.15) is 0 Å². The van der Waals surface area contributed by atoms with Crippen LogP contribution in [0.15, 0.2) is 18.2 Å². The first-order chi connectivity index (χ1) is 7.27. The van der Waals surface area contributed by atoms with E-state index in [4.69, 9.17) is 0 Å². The van der Waals surface area contributed by atoms with Crippen LogP contribution in [0.1, 0.15) is 18.4 Å². The fourth-order valence-electron chi connectivity index (χ4n) is 2.15. The fraction of sp³-hybridized carbons (Fsp3) is 0.500. The minimum atomic E-state index is -0.0173. The molecule has 1 saturated heterocycles. The van der Waals surface area contributed by atoms with Gasteiger partial charge >= 0.3 is 0 Å². The molecule has 1 aliphatic heterocycles. The zero-order valence-electron chi connectivity index (χ0n) is 8.74. The molecule has 0 saturated carbocycles. The zero-order chi connectivity index (χ0) is 10.7. The first kappa shape index (κ1) is 10.3. The van der Waals surface area contributed by atoms with Crippen LogP contribution >= 0.6 is 0 Å². The maximum atomic E-state index is 9.66. The Morgan fingerprint density at radius 3 is 2.93 bits per heavy atom. The quantitative estimate of drug-likeness (QED) is 0.646. The minimum absolute atomic E-state index is 0.0173. The largest absolute Gasteiger partial charge is 0.504 e. The van der Waals surface area contributed by atoms with Crippen molar-refractivity contribution in [3.63, 3.8) is 0 Å². The van der Waals surface area contributed by atoms with Gasteiger partial charge in [-0.05, 0) is 49.9 Å². The van der Waals surface area contributed by atoms with Crippen LogP contribution in [0.2, 0.25) is 0 Å². The molecular formula is C12H17NO2. The van der Waals surface area contributed by atoms with Crippen molar-refractivity contribution in [3.8, 4) is 11.5 Å². The van der Waals surface area contributed by atoms with E-state index < -0.39 is 0 Å². The fourth-order valence-corrected chi connectivity index (χ4v) is 2.15. The van der Waals surface area contributed by atoms with E-state index in [1.807, 2.05) is 6.07 Å². The van der Waals surface area contributed by atoms with E-state index in [1.54, 1.807) is 6.07 Å². The van der Waals surface area contributed by atoms with Gasteiger partial charge in [0.15, 0.2) is 11.5 Å². The summed E-state index contributed by atoms with van der Waals surface area (Å²) in [6, 6.07) is 5.17. The van der Waals surface area contributed by atoms with Gasteiger partial charge in [-0.25, -0.2) is 0 Å². The number of piperidine rings is 1. The van der Waals surface area contributed by atoms with E-state index in [1.165, 1.54) is 18.9 Å². The van der Waals surface area contributed by atoms with Gasteiger partial charge in [0.05, 0.1) is 0 Å². The van der Waals surface area contributed by atoms with Gasteiger partial charge in [0.2, 0.25) is 0 Å². The molecule has 1 aromatic carbocycles. The average molecular weight is 207 g/mol. The Hall–Kier alpha value is -1.22. The number of rotatable bonds is 2. The van der Waals surface area contributed by atoms with Crippen LogP contribution in [0.4, 0.5) is 0 Å². The zero-order valence-corrected chi connectivity index (χ0v) is 8.74. The monoisotopic (exact) mass is 207 g/mol. The minimum Gasteiger partial charge on any atom is -0.504 e. The SMILES string of the molecule is Oc1cccc(CC2CCCNC2)c1O. The number of nitrogens with one attached hydrogen (secondary N) is 1. The van der Waals surface area contributed by atoms with Crippen molar-refractivity contribution in [2.24, 2.45) is 5.92 Å². The molecule has 2 rings (SSSR count). The molecule has 1 unspecified atom stereocenters. The predicted molar refractivity (Wildman–Crippen MR) is 59.1 cm³/mol. The lowest BCUT2D eigenvalue weighted by Crippen LogP contribution is -2.30. The smallest absolute Gasteiger partial charge is 0.160 e. The van der Waals surface area contributed by atoms with Gasteiger partial charge in [-0.1, -0.05) is 12.1 Å². The van der Waals surface area contributed by atoms with Gasteiger partial charge < -0.3 is 15.5 Å². The van der Waals surface area contributed by atoms with Gasteiger partial charge in [0.25, 0.3) is 0 Å². The second-order valence-electron chi connectivity index (χ2n) is 4.20. The van der Waals surface area contributed by atoms with Crippen molar-refractivity contribution in [3.05, 3.63) is 23.8 Å². The molecule has 3 N–H and O–H groups in total. The first-order valence-corrected chi connectivity index (χ1v) is 5.48. The highest BCUT2D eigenvalue weighted by Crippen LogP contribution is 2.30. The second kappa shape index (κ2) is 4.53. The molecule has 3 nitrogen and oxygen atoms in total. The number of para-hydroxylation sites is 1. The van der Waals surface area contributed by atoms with Gasteiger partial charge in [0, 0.05) is 0 Å². The predicted octanol–water partition coefficient (Wildman–Crippen LogP) is 1.64. The topological polar surface area (TPSA) is 52.5 Å². The highest BCUT2D eigenvalue weighted by atomic mass is 16.3. The first-order valence-electron chi connectivity index (χ1n) is 5.48. The number of phenolic OH excluding ortho intramolecular Hbond substituents is 2. The summed E-state index contributed by atoms with van der Waals surface area (Å²) >= 11 is 0. The van der Waals surface area contributed by atoms with Gasteiger partial charge in [-0.15, -0.1) is 0 Å². The molecule has 1 aromatic rings. The Kier molecular flexibility index (Phi) is 3.11. The van der Waals surface area contributed by atoms with Crippen LogP contribution < -0.4 is 5.32 Å². The summed E-state index contributed by atoms with van der Waals surface area (Å²) < 4.78 is 0. The molecule has 82 valence electrons. The molecule has 1 fully saturated rings. The summed E-state index contributed by atoms with van der Waals surface area (Å²) in [4.78, 5) is 0. The van der Waals surface area contributed by atoms with E-state index in [9.17, 15) is 10.2 Å². The maximum absolute atomic E-state index is 9.66. The van der Waals surface area contributed by atoms with Crippen LogP contribution in [0.25, 0.3) is 0 Å². The van der Waals surface area contributed by atoms with Crippen LogP contribution in [-0.2, 0) is 6.42 Å². The Bertz CT molecular complexity index is 332. The average Bonchev–Trinajstić information content (AvgIpc) is 2.26. The summed E-state index contributed by atoms with van der Waals surface area (Å²) in [5.74, 6) is 0.603. The Labute approximate surface area is 89.8 Å². The molecule has 1 atom stereocenters. The van der Waals surface area contributed by atoms with Crippen molar-refractivity contribution in [2.75, 3.05) is 13.1 Å². The summed E-state index contributed by atoms with van der Waals surface area (Å²) in [7, 11) is 0. The maximum Gasteiger partial charge on any atom is 0.160 e. The van der Waals surface area contributed by atoms with E-state index in [2.05, 4.69) is 5.32 Å². The molecule has 15 heavy (non-hydrogen) atoms. The number of hydrogen-bond donors (Lipinski definition) is 3. The highest BCUT2D eigenvalue weighted by Gasteiger charge is 2.16. The standard InChI is InChI=1S/C12H17NO2/c14-11-5-1-4-10(12(11)15)7-9-3-2-6-13-8-9/h1,4-5,9,13-15H,2-3,6-8H2. The number of phenols is 2. The van der Waals surface area contributed by atoms with Crippen molar-refractivity contribution in [2.45, 2.75) is 19.3 Å². The van der Waals surface area contributed by atoms with Crippen molar-refractivity contribution in [1.29, 1.82) is 0 Å². The number of benzene rings is 1. The van der Waals surface area contributed by atoms with Crippen molar-refractivity contribution in [1.82, 2.24) is 5.32 Å². The number of hydrogen-bond acceptors (Lipinski definition) is 3. The van der Waals surface area contributed by atoms with E-state index in [0.717, 1.165) is 25.1 Å². The summed E-state index contributed by atoms with van der Waals surface area (Å²) in [5.41, 5.74) is 0.851. The second-order valence-corrected chi connectivity index (χ2v) is 4.20. The molecule has 0 bridgehead atoms. The summed E-state index contributed by atoms with van der Waals surface area (Å²) in [6.45, 7) is 2.11. The molecule has 1 heterocycles. The third-order valence-corrected chi connectivity index (χ3v) is 3.01. The van der Waals surface area contributed by atoms with Crippen LogP contribution in [0.5, 0.6) is 11.5 Å². The molecule has 0 amide bonds. The van der Waals surface area contributed by atoms with Crippen LogP contribution in [0.3, 0.4) is 0 Å². The van der Waals surface area contributed by atoms with Crippen molar-refractivity contribution < 1.29 is 10.2 Å². The molecule has 1 aliphatic rings. The highest BCUT2D eigenvalue weighted by molar-refractivity contribution is 5.44. The lowest BCUT2D eigenvalue weighted by molar-refractivity contribution is 0.362. The molecule has 0 radical (unpaired) electrons. The summed E-state index contributed by atoms with van der Waals surface area (Å²) in [5, 5.41) is 22.4. The van der Waals surface area contributed by atoms with Crippen LogP contribution in [-0.4, -0.2) is 23.3 Å². The Morgan fingerprint density at radius 1 is 1.33 bits per heavy atom. The molecule has 0 aliphatic carbocycles. The van der Waals surface area contributed by atoms with Gasteiger partial charge in [0.1, 0.15) is 0 Å². The van der Waals surface area contributed by atoms with E-state index in [0.29, 0.717) is 5.92 Å². The molecule has 0 aromatic heterocycles. The molecule has 0 spiro atoms. The third kappa shape index (κ3) is 2.42. The van der Waals surface area contributed by atoms with E-state index >= 15 is 0 Å². The Balaban J connectivity index is 2.06. The van der Waals surface area contributed by atoms with Crippen molar-refractivity contribution >= 4 is 0 Å². The lowest BCUT2D eigenvalue weighted by Gasteiger charge is -2.23. The lowest BCUT2D eigenvalue weighted by atomic mass is 9.92.